The molecule has 1 atom stereocenters. The minimum absolute atomic E-state index is 0.0271. The second-order valence-corrected chi connectivity index (χ2v) is 8.13. The zero-order chi connectivity index (χ0) is 20.9. The van der Waals surface area contributed by atoms with E-state index in [-0.39, 0.29) is 17.7 Å². The van der Waals surface area contributed by atoms with Crippen molar-refractivity contribution in [1.29, 1.82) is 0 Å². The smallest absolute Gasteiger partial charge is 0.249 e. The van der Waals surface area contributed by atoms with Gasteiger partial charge < -0.3 is 10.1 Å². The summed E-state index contributed by atoms with van der Waals surface area (Å²) in [4.78, 5) is 25.2. The van der Waals surface area contributed by atoms with Crippen LogP contribution in [0.1, 0.15) is 18.4 Å². The molecular weight excluding hydrogens is 400 g/mol. The molecule has 0 aliphatic heterocycles. The number of carbonyl (C=O) groups is 2. The summed E-state index contributed by atoms with van der Waals surface area (Å²) in [6.07, 6.45) is 2.18. The van der Waals surface area contributed by atoms with E-state index >= 15 is 0 Å². The Morgan fingerprint density at radius 3 is 2.50 bits per heavy atom. The van der Waals surface area contributed by atoms with Gasteiger partial charge in [0.05, 0.1) is 7.11 Å². The summed E-state index contributed by atoms with van der Waals surface area (Å²) >= 11 is 1.28. The highest BCUT2D eigenvalue weighted by molar-refractivity contribution is 7.18. The number of hydrogen-bond donors (Lipinski definition) is 2. The summed E-state index contributed by atoms with van der Waals surface area (Å²) in [6, 6.07) is 16.4. The molecule has 8 heteroatoms. The number of aromatic nitrogens is 2. The quantitative estimate of drug-likeness (QED) is 0.581. The predicted octanol–water partition coefficient (Wildman–Crippen LogP) is 3.29. The lowest BCUT2D eigenvalue weighted by Gasteiger charge is -2.17. The molecule has 4 rings (SSSR count). The van der Waals surface area contributed by atoms with E-state index in [1.165, 1.54) is 11.3 Å². The maximum absolute atomic E-state index is 12.9. The molecule has 1 aliphatic carbocycles. The molecule has 30 heavy (non-hydrogen) atoms. The molecule has 0 saturated heterocycles. The van der Waals surface area contributed by atoms with Gasteiger partial charge >= 0.3 is 0 Å². The first kappa shape index (κ1) is 20.0. The van der Waals surface area contributed by atoms with Gasteiger partial charge in [0.15, 0.2) is 0 Å². The van der Waals surface area contributed by atoms with Gasteiger partial charge in [0.25, 0.3) is 0 Å². The van der Waals surface area contributed by atoms with Gasteiger partial charge in [-0.1, -0.05) is 41.7 Å². The first-order chi connectivity index (χ1) is 14.6. The largest absolute Gasteiger partial charge is 0.497 e. The van der Waals surface area contributed by atoms with E-state index < -0.39 is 6.04 Å². The van der Waals surface area contributed by atoms with Gasteiger partial charge in [0.2, 0.25) is 16.9 Å². The van der Waals surface area contributed by atoms with Gasteiger partial charge in [0.1, 0.15) is 16.8 Å². The van der Waals surface area contributed by atoms with Gasteiger partial charge in [0, 0.05) is 17.9 Å². The number of hydrogen-bond acceptors (Lipinski definition) is 6. The van der Waals surface area contributed by atoms with E-state index in [1.54, 1.807) is 7.11 Å². The Morgan fingerprint density at radius 1 is 1.10 bits per heavy atom. The number of anilines is 1. The van der Waals surface area contributed by atoms with Crippen LogP contribution >= 0.6 is 11.3 Å². The first-order valence-electron chi connectivity index (χ1n) is 9.75. The number of ether oxygens (including phenoxy) is 1. The molecule has 0 radical (unpaired) electrons. The highest BCUT2D eigenvalue weighted by Gasteiger charge is 2.33. The first-order valence-corrected chi connectivity index (χ1v) is 10.6. The van der Waals surface area contributed by atoms with Crippen molar-refractivity contribution in [2.24, 2.45) is 5.92 Å². The van der Waals surface area contributed by atoms with Crippen molar-refractivity contribution >= 4 is 28.3 Å². The molecule has 1 unspecified atom stereocenters. The van der Waals surface area contributed by atoms with Crippen LogP contribution in [0.2, 0.25) is 0 Å². The number of nitrogens with zero attached hydrogens (tertiary/aromatic N) is 2. The average molecular weight is 423 g/mol. The number of benzene rings is 2. The maximum atomic E-state index is 12.9. The molecular formula is C22H22N4O3S. The Balaban J connectivity index is 1.45. The van der Waals surface area contributed by atoms with Gasteiger partial charge in [-0.15, -0.1) is 10.2 Å². The zero-order valence-corrected chi connectivity index (χ0v) is 17.3. The molecule has 2 amide bonds. The number of amides is 2. The lowest BCUT2D eigenvalue weighted by atomic mass is 10.1. The van der Waals surface area contributed by atoms with E-state index in [1.807, 2.05) is 54.6 Å². The molecule has 1 fully saturated rings. The van der Waals surface area contributed by atoms with Crippen LogP contribution in [0.25, 0.3) is 10.6 Å². The lowest BCUT2D eigenvalue weighted by molar-refractivity contribution is -0.127. The fourth-order valence-corrected chi connectivity index (χ4v) is 3.76. The molecule has 0 bridgehead atoms. The van der Waals surface area contributed by atoms with Gasteiger partial charge in [-0.25, -0.2) is 0 Å². The van der Waals surface area contributed by atoms with Crippen LogP contribution in [0.4, 0.5) is 5.13 Å². The minimum atomic E-state index is -0.672. The molecule has 2 N–H and O–H groups in total. The van der Waals surface area contributed by atoms with Crippen molar-refractivity contribution in [2.75, 3.05) is 12.4 Å². The lowest BCUT2D eigenvalue weighted by Crippen LogP contribution is -2.45. The molecule has 1 heterocycles. The summed E-state index contributed by atoms with van der Waals surface area (Å²) in [6.45, 7) is 0. The van der Waals surface area contributed by atoms with E-state index in [4.69, 9.17) is 4.74 Å². The zero-order valence-electron chi connectivity index (χ0n) is 16.5. The van der Waals surface area contributed by atoms with E-state index in [0.29, 0.717) is 16.6 Å². The Kier molecular flexibility index (Phi) is 6.04. The Labute approximate surface area is 178 Å². The van der Waals surface area contributed by atoms with Crippen LogP contribution in [0.5, 0.6) is 5.75 Å². The third-order valence-electron chi connectivity index (χ3n) is 4.86. The Hall–Kier alpha value is -3.26. The van der Waals surface area contributed by atoms with Crippen LogP contribution in [0.15, 0.2) is 54.6 Å². The summed E-state index contributed by atoms with van der Waals surface area (Å²) in [7, 11) is 1.61. The number of nitrogens with one attached hydrogen (secondary N) is 2. The number of methoxy groups -OCH3 is 1. The van der Waals surface area contributed by atoms with Crippen LogP contribution in [0.3, 0.4) is 0 Å². The fourth-order valence-electron chi connectivity index (χ4n) is 3.01. The van der Waals surface area contributed by atoms with E-state index in [0.717, 1.165) is 29.7 Å². The summed E-state index contributed by atoms with van der Waals surface area (Å²) in [5.74, 6) is 0.416. The maximum Gasteiger partial charge on any atom is 0.249 e. The number of rotatable bonds is 8. The summed E-state index contributed by atoms with van der Waals surface area (Å²) < 4.78 is 5.17. The van der Waals surface area contributed by atoms with E-state index in [2.05, 4.69) is 20.8 Å². The molecule has 1 saturated carbocycles. The molecule has 1 aliphatic rings. The van der Waals surface area contributed by atoms with Gasteiger partial charge in [-0.05, 0) is 42.7 Å². The predicted molar refractivity (Wildman–Crippen MR) is 115 cm³/mol. The molecule has 3 aromatic rings. The monoisotopic (exact) mass is 422 g/mol. The summed E-state index contributed by atoms with van der Waals surface area (Å²) in [5, 5.41) is 15.0. The van der Waals surface area contributed by atoms with Gasteiger partial charge in [-0.2, -0.15) is 0 Å². The third-order valence-corrected chi connectivity index (χ3v) is 5.74. The molecule has 154 valence electrons. The second kappa shape index (κ2) is 9.04. The van der Waals surface area contributed by atoms with Crippen molar-refractivity contribution in [1.82, 2.24) is 15.5 Å². The summed E-state index contributed by atoms with van der Waals surface area (Å²) in [5.41, 5.74) is 1.86. The van der Waals surface area contributed by atoms with Crippen molar-refractivity contribution < 1.29 is 14.3 Å². The van der Waals surface area contributed by atoms with Crippen molar-refractivity contribution in [3.05, 3.63) is 60.2 Å². The standard InChI is InChI=1S/C22H22N4O3S/c1-29-17-11-9-16(10-12-17)21-25-26-22(30-21)24-20(28)18(23-19(27)15-7-8-15)13-14-5-3-2-4-6-14/h2-6,9-12,15,18H,7-8,13H2,1H3,(H,23,27)(H,24,26,28). The Bertz CT molecular complexity index is 1020. The van der Waals surface area contributed by atoms with Crippen molar-refractivity contribution in [3.8, 4) is 16.3 Å². The van der Waals surface area contributed by atoms with Crippen LogP contribution in [-0.4, -0.2) is 35.2 Å². The number of carbonyl (C=O) groups excluding carboxylic acids is 2. The highest BCUT2D eigenvalue weighted by atomic mass is 32.1. The van der Waals surface area contributed by atoms with Gasteiger partial charge in [-0.3, -0.25) is 14.9 Å². The second-order valence-electron chi connectivity index (χ2n) is 7.16. The molecule has 1 aromatic heterocycles. The fraction of sp³-hybridized carbons (Fsp3) is 0.273. The third kappa shape index (κ3) is 5.01. The van der Waals surface area contributed by atoms with Crippen molar-refractivity contribution in [2.45, 2.75) is 25.3 Å². The minimum Gasteiger partial charge on any atom is -0.497 e. The topological polar surface area (TPSA) is 93.2 Å². The molecule has 7 nitrogen and oxygen atoms in total. The molecule has 2 aromatic carbocycles. The van der Waals surface area contributed by atoms with E-state index in [9.17, 15) is 9.59 Å². The van der Waals surface area contributed by atoms with Crippen LogP contribution < -0.4 is 15.4 Å². The highest BCUT2D eigenvalue weighted by Crippen LogP contribution is 2.30. The normalized spacial score (nSPS) is 14.0. The SMILES string of the molecule is COc1ccc(-c2nnc(NC(=O)C(Cc3ccccc3)NC(=O)C3CC3)s2)cc1. The average Bonchev–Trinajstić information content (AvgIpc) is 3.53. The molecule has 0 spiro atoms. The Morgan fingerprint density at radius 2 is 1.83 bits per heavy atom. The van der Waals surface area contributed by atoms with Crippen molar-refractivity contribution in [3.63, 3.8) is 0 Å². The van der Waals surface area contributed by atoms with Crippen LogP contribution in [0, 0.1) is 5.92 Å². The van der Waals surface area contributed by atoms with Crippen LogP contribution in [-0.2, 0) is 16.0 Å².